The molecule has 0 N–H and O–H groups in total. The Labute approximate surface area is 163 Å². The lowest BCUT2D eigenvalue weighted by Crippen LogP contribution is -2.27. The van der Waals surface area contributed by atoms with Gasteiger partial charge >= 0.3 is 0 Å². The van der Waals surface area contributed by atoms with Gasteiger partial charge in [-0.2, -0.15) is 4.99 Å². The van der Waals surface area contributed by atoms with Crippen LogP contribution in [-0.2, 0) is 23.7 Å². The van der Waals surface area contributed by atoms with Crippen LogP contribution in [0.1, 0.15) is 49.3 Å². The maximum atomic E-state index is 12.8. The minimum Gasteiger partial charge on any atom is -0.380 e. The first-order chi connectivity index (χ1) is 12.2. The van der Waals surface area contributed by atoms with Crippen molar-refractivity contribution in [1.29, 1.82) is 0 Å². The summed E-state index contributed by atoms with van der Waals surface area (Å²) < 4.78 is 10.5. The highest BCUT2D eigenvalue weighted by molar-refractivity contribution is 9.10. The minimum atomic E-state index is -0.236. The first kappa shape index (κ1) is 20.6. The first-order valence-corrected chi connectivity index (χ1v) is 9.65. The Kier molecular flexibility index (Phi) is 6.64. The molecule has 2 aromatic rings. The third-order valence-electron chi connectivity index (χ3n) is 4.38. The Morgan fingerprint density at radius 2 is 2.00 bits per heavy atom. The quantitative estimate of drug-likeness (QED) is 0.685. The second kappa shape index (κ2) is 8.35. The van der Waals surface area contributed by atoms with Gasteiger partial charge in [-0.25, -0.2) is 0 Å². The molecule has 0 aliphatic rings. The van der Waals surface area contributed by atoms with Crippen molar-refractivity contribution in [3.05, 3.63) is 51.0 Å². The molecule has 0 fully saturated rings. The summed E-state index contributed by atoms with van der Waals surface area (Å²) in [5.41, 5.74) is 3.23. The molecule has 2 rings (SSSR count). The standard InChI is InChI=1S/C20H28BrN3O2/c1-7-26-12-11-24-18(13-17(23(24)6)20(3,4)5)22-19(25)15-9-8-10-16(21)14(15)2/h8-10,13H,7,11-12H2,1-6H3. The highest BCUT2D eigenvalue weighted by Crippen LogP contribution is 2.21. The molecule has 0 unspecified atom stereocenters. The fourth-order valence-corrected chi connectivity index (χ4v) is 3.30. The Balaban J connectivity index is 2.53. The summed E-state index contributed by atoms with van der Waals surface area (Å²) in [6.07, 6.45) is 0. The van der Waals surface area contributed by atoms with Gasteiger partial charge in [0.15, 0.2) is 5.49 Å². The molecule has 0 spiro atoms. The number of aromatic nitrogens is 2. The van der Waals surface area contributed by atoms with Gasteiger partial charge in [-0.05, 0) is 31.5 Å². The minimum absolute atomic E-state index is 0.0510. The fourth-order valence-electron chi connectivity index (χ4n) is 2.93. The van der Waals surface area contributed by atoms with E-state index < -0.39 is 0 Å². The molecular weight excluding hydrogens is 394 g/mol. The lowest BCUT2D eigenvalue weighted by molar-refractivity contribution is 0.0994. The lowest BCUT2D eigenvalue weighted by Gasteiger charge is -2.20. The normalized spacial score (nSPS) is 12.7. The molecule has 0 saturated heterocycles. The average molecular weight is 422 g/mol. The van der Waals surface area contributed by atoms with E-state index in [1.54, 1.807) is 0 Å². The number of hydrogen-bond acceptors (Lipinski definition) is 2. The number of carbonyl (C=O) groups is 1. The summed E-state index contributed by atoms with van der Waals surface area (Å²) in [6, 6.07) is 7.59. The Morgan fingerprint density at radius 1 is 1.31 bits per heavy atom. The molecule has 1 aromatic heterocycles. The lowest BCUT2D eigenvalue weighted by atomic mass is 9.92. The topological polar surface area (TPSA) is 48.5 Å². The van der Waals surface area contributed by atoms with Gasteiger partial charge in [0, 0.05) is 40.9 Å². The number of hydrogen-bond donors (Lipinski definition) is 0. The van der Waals surface area contributed by atoms with Crippen LogP contribution < -0.4 is 5.49 Å². The number of amides is 1. The smallest absolute Gasteiger partial charge is 0.279 e. The van der Waals surface area contributed by atoms with E-state index in [-0.39, 0.29) is 11.3 Å². The molecule has 6 heteroatoms. The zero-order valence-corrected chi connectivity index (χ0v) is 18.1. The average Bonchev–Trinajstić information content (AvgIpc) is 2.87. The van der Waals surface area contributed by atoms with Crippen LogP contribution in [0.5, 0.6) is 0 Å². The van der Waals surface area contributed by atoms with E-state index in [2.05, 4.69) is 46.4 Å². The van der Waals surface area contributed by atoms with Gasteiger partial charge in [-0.1, -0.05) is 42.8 Å². The van der Waals surface area contributed by atoms with Crippen LogP contribution in [0.3, 0.4) is 0 Å². The highest BCUT2D eigenvalue weighted by Gasteiger charge is 2.20. The van der Waals surface area contributed by atoms with Crippen molar-refractivity contribution in [1.82, 2.24) is 9.36 Å². The van der Waals surface area contributed by atoms with E-state index in [0.29, 0.717) is 30.8 Å². The molecule has 142 valence electrons. The van der Waals surface area contributed by atoms with Crippen LogP contribution in [0.15, 0.2) is 33.7 Å². The maximum Gasteiger partial charge on any atom is 0.279 e. The van der Waals surface area contributed by atoms with Gasteiger partial charge in [0.25, 0.3) is 5.91 Å². The van der Waals surface area contributed by atoms with Crippen molar-refractivity contribution in [2.45, 2.75) is 46.6 Å². The molecule has 0 aliphatic carbocycles. The van der Waals surface area contributed by atoms with E-state index >= 15 is 0 Å². The summed E-state index contributed by atoms with van der Waals surface area (Å²) in [4.78, 5) is 17.2. The zero-order valence-electron chi connectivity index (χ0n) is 16.5. The van der Waals surface area contributed by atoms with Crippen LogP contribution >= 0.6 is 15.9 Å². The second-order valence-electron chi connectivity index (χ2n) is 7.31. The molecule has 0 atom stereocenters. The summed E-state index contributed by atoms with van der Waals surface area (Å²) >= 11 is 3.48. The van der Waals surface area contributed by atoms with Gasteiger partial charge in [-0.15, -0.1) is 0 Å². The number of carbonyl (C=O) groups excluding carboxylic acids is 1. The van der Waals surface area contributed by atoms with Crippen LogP contribution in [-0.4, -0.2) is 28.5 Å². The van der Waals surface area contributed by atoms with E-state index in [4.69, 9.17) is 4.74 Å². The molecular formula is C20H28BrN3O2. The van der Waals surface area contributed by atoms with Gasteiger partial charge in [0.2, 0.25) is 0 Å². The predicted octanol–water partition coefficient (Wildman–Crippen LogP) is 3.97. The number of rotatable bonds is 5. The SMILES string of the molecule is CCOCCn1c(=NC(=O)c2cccc(Br)c2C)cc(C(C)(C)C)n1C. The molecule has 0 saturated carbocycles. The highest BCUT2D eigenvalue weighted by atomic mass is 79.9. The summed E-state index contributed by atoms with van der Waals surface area (Å²) in [7, 11) is 2.00. The summed E-state index contributed by atoms with van der Waals surface area (Å²) in [6.45, 7) is 12.2. The predicted molar refractivity (Wildman–Crippen MR) is 107 cm³/mol. The van der Waals surface area contributed by atoms with E-state index in [1.807, 2.05) is 49.8 Å². The Bertz CT molecular complexity index is 857. The third-order valence-corrected chi connectivity index (χ3v) is 5.23. The molecule has 1 amide bonds. The molecule has 0 aliphatic heterocycles. The van der Waals surface area contributed by atoms with Crippen LogP contribution in [0.2, 0.25) is 0 Å². The van der Waals surface area contributed by atoms with Gasteiger partial charge in [0.05, 0.1) is 13.2 Å². The first-order valence-electron chi connectivity index (χ1n) is 8.86. The van der Waals surface area contributed by atoms with Crippen molar-refractivity contribution in [2.75, 3.05) is 13.2 Å². The van der Waals surface area contributed by atoms with Crippen molar-refractivity contribution in [2.24, 2.45) is 12.0 Å². The van der Waals surface area contributed by atoms with Crippen LogP contribution in [0.4, 0.5) is 0 Å². The molecule has 1 aromatic carbocycles. The number of benzene rings is 1. The molecule has 5 nitrogen and oxygen atoms in total. The number of halogens is 1. The van der Waals surface area contributed by atoms with Crippen molar-refractivity contribution >= 4 is 21.8 Å². The monoisotopic (exact) mass is 421 g/mol. The second-order valence-corrected chi connectivity index (χ2v) is 8.17. The van der Waals surface area contributed by atoms with Crippen molar-refractivity contribution in [3.8, 4) is 0 Å². The molecule has 1 heterocycles. The number of nitrogens with zero attached hydrogens (tertiary/aromatic N) is 3. The van der Waals surface area contributed by atoms with Gasteiger partial charge in [-0.3, -0.25) is 14.2 Å². The Hall–Kier alpha value is -1.66. The third kappa shape index (κ3) is 4.54. The van der Waals surface area contributed by atoms with E-state index in [1.165, 1.54) is 0 Å². The Morgan fingerprint density at radius 3 is 2.62 bits per heavy atom. The van der Waals surface area contributed by atoms with Gasteiger partial charge < -0.3 is 4.74 Å². The molecule has 26 heavy (non-hydrogen) atoms. The van der Waals surface area contributed by atoms with Crippen LogP contribution in [0, 0.1) is 6.92 Å². The van der Waals surface area contributed by atoms with Crippen molar-refractivity contribution in [3.63, 3.8) is 0 Å². The van der Waals surface area contributed by atoms with Crippen molar-refractivity contribution < 1.29 is 9.53 Å². The van der Waals surface area contributed by atoms with E-state index in [0.717, 1.165) is 15.7 Å². The maximum absolute atomic E-state index is 12.8. The number of ether oxygens (including phenoxy) is 1. The molecule has 0 bridgehead atoms. The summed E-state index contributed by atoms with van der Waals surface area (Å²) in [5, 5.41) is 0. The zero-order chi connectivity index (χ0) is 19.5. The summed E-state index contributed by atoms with van der Waals surface area (Å²) in [5.74, 6) is -0.236. The van der Waals surface area contributed by atoms with E-state index in [9.17, 15) is 4.79 Å². The molecule has 0 radical (unpaired) electrons. The largest absolute Gasteiger partial charge is 0.380 e. The van der Waals surface area contributed by atoms with Gasteiger partial charge in [0.1, 0.15) is 0 Å². The van der Waals surface area contributed by atoms with Crippen LogP contribution in [0.25, 0.3) is 0 Å². The fraction of sp³-hybridized carbons (Fsp3) is 0.500.